The summed E-state index contributed by atoms with van der Waals surface area (Å²) in [5.74, 6) is 0. The molecule has 0 N–H and O–H groups in total. The second kappa shape index (κ2) is 8.84. The minimum Gasteiger partial charge on any atom is -0.305 e. The van der Waals surface area contributed by atoms with Crippen molar-refractivity contribution in [3.05, 3.63) is 59.7 Å². The van der Waals surface area contributed by atoms with Crippen molar-refractivity contribution in [2.75, 3.05) is 33.7 Å². The van der Waals surface area contributed by atoms with Crippen LogP contribution in [0.3, 0.4) is 0 Å². The van der Waals surface area contributed by atoms with Gasteiger partial charge >= 0.3 is 0 Å². The summed E-state index contributed by atoms with van der Waals surface area (Å²) in [6, 6.07) is 18.0. The molecule has 0 aromatic heterocycles. The third-order valence-electron chi connectivity index (χ3n) is 3.58. The Morgan fingerprint density at radius 3 is 1.57 bits per heavy atom. The molecule has 2 nitrogen and oxygen atoms in total. The van der Waals surface area contributed by atoms with Gasteiger partial charge in [-0.3, -0.25) is 0 Å². The summed E-state index contributed by atoms with van der Waals surface area (Å²) in [5, 5.41) is 2.83. The Morgan fingerprint density at radius 2 is 1.22 bits per heavy atom. The van der Waals surface area contributed by atoms with Crippen LogP contribution in [0.1, 0.15) is 11.1 Å². The molecule has 0 fully saturated rings. The molecular weight excluding hydrogens is 319 g/mol. The standard InChI is InChI=1S/C19H27N2PS/c1-20(2)13-16-7-5-9-18(11-16)22(15-23)19-10-6-8-17(12-19)14-21(3)4/h5-12,23H,13-15H2,1-4H3. The number of hydrogen-bond donors (Lipinski definition) is 1. The molecule has 124 valence electrons. The highest BCUT2D eigenvalue weighted by molar-refractivity contribution is 7.93. The van der Waals surface area contributed by atoms with Gasteiger partial charge in [0.05, 0.1) is 0 Å². The van der Waals surface area contributed by atoms with Crippen LogP contribution >= 0.6 is 20.6 Å². The van der Waals surface area contributed by atoms with E-state index in [1.807, 2.05) is 0 Å². The van der Waals surface area contributed by atoms with Crippen molar-refractivity contribution >= 4 is 31.2 Å². The molecule has 2 rings (SSSR count). The van der Waals surface area contributed by atoms with E-state index in [9.17, 15) is 0 Å². The minimum absolute atomic E-state index is 0.404. The molecule has 0 amide bonds. The lowest BCUT2D eigenvalue weighted by Gasteiger charge is -2.19. The van der Waals surface area contributed by atoms with E-state index in [1.165, 1.54) is 21.7 Å². The van der Waals surface area contributed by atoms with Crippen molar-refractivity contribution in [1.29, 1.82) is 0 Å². The van der Waals surface area contributed by atoms with Gasteiger partial charge in [0.2, 0.25) is 0 Å². The molecule has 0 saturated heterocycles. The Kier molecular flexibility index (Phi) is 7.10. The van der Waals surface area contributed by atoms with Crippen LogP contribution in [0.4, 0.5) is 0 Å². The van der Waals surface area contributed by atoms with Crippen LogP contribution in [0.2, 0.25) is 0 Å². The molecule has 0 saturated carbocycles. The Morgan fingerprint density at radius 1 is 0.783 bits per heavy atom. The smallest absolute Gasteiger partial charge is 0.0227 e. The number of rotatable bonds is 7. The van der Waals surface area contributed by atoms with Crippen molar-refractivity contribution in [2.24, 2.45) is 0 Å². The Balaban J connectivity index is 2.29. The normalized spacial score (nSPS) is 11.7. The summed E-state index contributed by atoms with van der Waals surface area (Å²) in [6.45, 7) is 1.95. The van der Waals surface area contributed by atoms with Gasteiger partial charge in [-0.2, -0.15) is 12.6 Å². The Labute approximate surface area is 147 Å². The molecule has 2 aromatic carbocycles. The lowest BCUT2D eigenvalue weighted by atomic mass is 10.2. The first-order valence-corrected chi connectivity index (χ1v) is 10.0. The van der Waals surface area contributed by atoms with Crippen LogP contribution in [0.15, 0.2) is 48.5 Å². The Bertz CT molecular complexity index is 575. The van der Waals surface area contributed by atoms with Gasteiger partial charge in [-0.1, -0.05) is 36.4 Å². The number of thiol groups is 1. The van der Waals surface area contributed by atoms with Gasteiger partial charge in [0, 0.05) is 18.6 Å². The highest BCUT2D eigenvalue weighted by Crippen LogP contribution is 2.35. The maximum absolute atomic E-state index is 4.65. The summed E-state index contributed by atoms with van der Waals surface area (Å²) < 4.78 is 0. The van der Waals surface area contributed by atoms with Crippen molar-refractivity contribution in [1.82, 2.24) is 9.80 Å². The monoisotopic (exact) mass is 346 g/mol. The summed E-state index contributed by atoms with van der Waals surface area (Å²) in [4.78, 5) is 4.42. The third kappa shape index (κ3) is 5.61. The van der Waals surface area contributed by atoms with E-state index in [1.54, 1.807) is 0 Å². The molecule has 0 radical (unpaired) electrons. The maximum atomic E-state index is 4.65. The lowest BCUT2D eigenvalue weighted by molar-refractivity contribution is 0.402. The maximum Gasteiger partial charge on any atom is 0.0227 e. The van der Waals surface area contributed by atoms with Gasteiger partial charge in [0.25, 0.3) is 0 Å². The van der Waals surface area contributed by atoms with Crippen molar-refractivity contribution in [3.63, 3.8) is 0 Å². The molecule has 0 atom stereocenters. The van der Waals surface area contributed by atoms with Crippen LogP contribution in [0.5, 0.6) is 0 Å². The fraction of sp³-hybridized carbons (Fsp3) is 0.368. The van der Waals surface area contributed by atoms with E-state index in [4.69, 9.17) is 0 Å². The Hall–Kier alpha value is -0.860. The molecular formula is C19H27N2PS. The largest absolute Gasteiger partial charge is 0.305 e. The highest BCUT2D eigenvalue weighted by Gasteiger charge is 2.13. The quantitative estimate of drug-likeness (QED) is 0.608. The van der Waals surface area contributed by atoms with E-state index in [0.29, 0.717) is 0 Å². The van der Waals surface area contributed by atoms with E-state index in [0.717, 1.165) is 18.6 Å². The van der Waals surface area contributed by atoms with E-state index in [-0.39, 0.29) is 0 Å². The number of nitrogens with zero attached hydrogens (tertiary/aromatic N) is 2. The van der Waals surface area contributed by atoms with Gasteiger partial charge < -0.3 is 9.80 Å². The fourth-order valence-corrected chi connectivity index (χ4v) is 5.47. The van der Waals surface area contributed by atoms with E-state index >= 15 is 0 Å². The zero-order chi connectivity index (χ0) is 16.8. The zero-order valence-corrected chi connectivity index (χ0v) is 16.3. The minimum atomic E-state index is -0.404. The van der Waals surface area contributed by atoms with Crippen LogP contribution in [-0.2, 0) is 13.1 Å². The molecule has 0 spiro atoms. The first kappa shape index (κ1) is 18.5. The van der Waals surface area contributed by atoms with E-state index < -0.39 is 7.92 Å². The second-order valence-electron chi connectivity index (χ2n) is 6.38. The van der Waals surface area contributed by atoms with Crippen molar-refractivity contribution in [3.8, 4) is 0 Å². The van der Waals surface area contributed by atoms with Crippen LogP contribution < -0.4 is 10.6 Å². The molecule has 0 aliphatic rings. The first-order chi connectivity index (χ1) is 11.0. The van der Waals surface area contributed by atoms with Gasteiger partial charge in [0.15, 0.2) is 0 Å². The average molecular weight is 346 g/mol. The van der Waals surface area contributed by atoms with Crippen molar-refractivity contribution in [2.45, 2.75) is 13.1 Å². The van der Waals surface area contributed by atoms with Crippen LogP contribution in [-0.4, -0.2) is 43.5 Å². The predicted octanol–water partition coefficient (Wildman–Crippen LogP) is 3.13. The van der Waals surface area contributed by atoms with Gasteiger partial charge in [-0.15, -0.1) is 0 Å². The molecule has 23 heavy (non-hydrogen) atoms. The highest BCUT2D eigenvalue weighted by atomic mass is 32.1. The number of hydrogen-bond acceptors (Lipinski definition) is 3. The van der Waals surface area contributed by atoms with Crippen molar-refractivity contribution < 1.29 is 0 Å². The molecule has 4 heteroatoms. The van der Waals surface area contributed by atoms with Gasteiger partial charge in [0.1, 0.15) is 0 Å². The molecule has 2 aromatic rings. The summed E-state index contributed by atoms with van der Waals surface area (Å²) in [6.07, 6.45) is 0. The summed E-state index contributed by atoms with van der Waals surface area (Å²) in [7, 11) is 8.04. The molecule has 0 heterocycles. The predicted molar refractivity (Wildman–Crippen MR) is 108 cm³/mol. The lowest BCUT2D eigenvalue weighted by Crippen LogP contribution is -2.17. The van der Waals surface area contributed by atoms with Crippen LogP contribution in [0, 0.1) is 0 Å². The SMILES string of the molecule is CN(C)Cc1cccc(P(CS)c2cccc(CN(C)C)c2)c1. The van der Waals surface area contributed by atoms with Gasteiger partial charge in [-0.05, 0) is 70.0 Å². The molecule has 0 aliphatic carbocycles. The zero-order valence-electron chi connectivity index (χ0n) is 14.5. The number of benzene rings is 2. The molecule has 0 unspecified atom stereocenters. The summed E-state index contributed by atoms with van der Waals surface area (Å²) >= 11 is 4.65. The van der Waals surface area contributed by atoms with Crippen LogP contribution in [0.25, 0.3) is 0 Å². The second-order valence-corrected chi connectivity index (χ2v) is 9.41. The molecule has 0 bridgehead atoms. The van der Waals surface area contributed by atoms with Gasteiger partial charge in [-0.25, -0.2) is 0 Å². The third-order valence-corrected chi connectivity index (χ3v) is 6.52. The summed E-state index contributed by atoms with van der Waals surface area (Å²) in [5.41, 5.74) is 3.61. The van der Waals surface area contributed by atoms with E-state index in [2.05, 4.69) is 99.2 Å². The fourth-order valence-electron chi connectivity index (χ4n) is 2.69. The topological polar surface area (TPSA) is 6.48 Å². The first-order valence-electron chi connectivity index (χ1n) is 7.85. The average Bonchev–Trinajstić information content (AvgIpc) is 2.47. The molecule has 0 aliphatic heterocycles.